The van der Waals surface area contributed by atoms with Crippen LogP contribution in [0.1, 0.15) is 5.56 Å². The number of nitrogens with zero attached hydrogens (tertiary/aromatic N) is 3. The summed E-state index contributed by atoms with van der Waals surface area (Å²) in [7, 11) is 1.61. The molecule has 3 aromatic rings. The zero-order valence-electron chi connectivity index (χ0n) is 14.4. The summed E-state index contributed by atoms with van der Waals surface area (Å²) in [5.74, 6) is -0.0103. The van der Waals surface area contributed by atoms with Crippen LogP contribution in [-0.4, -0.2) is 26.8 Å². The van der Waals surface area contributed by atoms with Crippen LogP contribution < -0.4 is 11.0 Å². The van der Waals surface area contributed by atoms with Crippen LogP contribution in [0.5, 0.6) is 0 Å². The van der Waals surface area contributed by atoms with Gasteiger partial charge in [-0.3, -0.25) is 9.36 Å². The molecule has 1 amide bonds. The van der Waals surface area contributed by atoms with Crippen molar-refractivity contribution in [2.45, 2.75) is 13.0 Å². The molecule has 26 heavy (non-hydrogen) atoms. The molecule has 0 fully saturated rings. The normalized spacial score (nSPS) is 10.7. The van der Waals surface area contributed by atoms with Crippen LogP contribution in [0.4, 0.5) is 4.39 Å². The van der Waals surface area contributed by atoms with E-state index < -0.39 is 0 Å². The number of amides is 1. The minimum absolute atomic E-state index is 0.112. The average Bonchev–Trinajstić information content (AvgIpc) is 2.92. The molecule has 0 aliphatic heterocycles. The molecule has 0 aliphatic rings. The molecule has 3 rings (SSSR count). The van der Waals surface area contributed by atoms with E-state index in [1.807, 2.05) is 30.3 Å². The zero-order chi connectivity index (χ0) is 18.5. The Bertz CT molecular complexity index is 946. The second-order valence-corrected chi connectivity index (χ2v) is 5.91. The van der Waals surface area contributed by atoms with Crippen molar-refractivity contribution in [3.63, 3.8) is 0 Å². The standard InChI is InChI=1S/C19H19FN4O2/c1-23-18(15-7-9-16(20)10-8-15)22-24(19(23)26)12-11-21-17(25)13-14-5-3-2-4-6-14/h2-10H,11-13H2,1H3,(H,21,25). The first-order chi connectivity index (χ1) is 12.5. The number of benzene rings is 2. The maximum atomic E-state index is 13.1. The van der Waals surface area contributed by atoms with Gasteiger partial charge in [0.2, 0.25) is 5.91 Å². The maximum Gasteiger partial charge on any atom is 0.345 e. The van der Waals surface area contributed by atoms with Gasteiger partial charge in [0.1, 0.15) is 5.82 Å². The van der Waals surface area contributed by atoms with Crippen LogP contribution in [0.2, 0.25) is 0 Å². The van der Waals surface area contributed by atoms with Crippen LogP contribution in [0.15, 0.2) is 59.4 Å². The monoisotopic (exact) mass is 354 g/mol. The second kappa shape index (κ2) is 7.77. The Hall–Kier alpha value is -3.22. The minimum Gasteiger partial charge on any atom is -0.354 e. The summed E-state index contributed by atoms with van der Waals surface area (Å²) in [6, 6.07) is 15.2. The molecule has 0 bridgehead atoms. The topological polar surface area (TPSA) is 68.9 Å². The molecule has 2 aromatic carbocycles. The maximum absolute atomic E-state index is 13.1. The summed E-state index contributed by atoms with van der Waals surface area (Å²) < 4.78 is 15.7. The van der Waals surface area contributed by atoms with Gasteiger partial charge in [-0.15, -0.1) is 5.10 Å². The summed E-state index contributed by atoms with van der Waals surface area (Å²) >= 11 is 0. The van der Waals surface area contributed by atoms with Gasteiger partial charge in [-0.25, -0.2) is 13.9 Å². The molecular formula is C19H19FN4O2. The number of nitrogens with one attached hydrogen (secondary N) is 1. The Morgan fingerprint density at radius 3 is 2.50 bits per heavy atom. The highest BCUT2D eigenvalue weighted by Gasteiger charge is 2.12. The van der Waals surface area contributed by atoms with Gasteiger partial charge in [0, 0.05) is 19.2 Å². The first-order valence-corrected chi connectivity index (χ1v) is 8.25. The highest BCUT2D eigenvalue weighted by Crippen LogP contribution is 2.15. The van der Waals surface area contributed by atoms with Crippen molar-refractivity contribution in [2.75, 3.05) is 6.54 Å². The molecule has 0 saturated carbocycles. The second-order valence-electron chi connectivity index (χ2n) is 5.91. The van der Waals surface area contributed by atoms with E-state index in [1.54, 1.807) is 19.2 Å². The molecule has 1 heterocycles. The van der Waals surface area contributed by atoms with E-state index in [9.17, 15) is 14.0 Å². The van der Waals surface area contributed by atoms with Gasteiger partial charge in [0.25, 0.3) is 0 Å². The molecule has 0 spiro atoms. The molecule has 0 aliphatic carbocycles. The minimum atomic E-state index is -0.348. The van der Waals surface area contributed by atoms with Gasteiger partial charge < -0.3 is 5.32 Å². The number of carbonyl (C=O) groups is 1. The van der Waals surface area contributed by atoms with Crippen molar-refractivity contribution in [3.05, 3.63) is 76.5 Å². The number of hydrogen-bond acceptors (Lipinski definition) is 3. The molecule has 0 unspecified atom stereocenters. The molecule has 1 N–H and O–H groups in total. The predicted molar refractivity (Wildman–Crippen MR) is 96.0 cm³/mol. The molecule has 7 heteroatoms. The number of carbonyl (C=O) groups excluding carboxylic acids is 1. The van der Waals surface area contributed by atoms with Gasteiger partial charge >= 0.3 is 5.69 Å². The molecular weight excluding hydrogens is 335 g/mol. The van der Waals surface area contributed by atoms with Gasteiger partial charge in [-0.2, -0.15) is 0 Å². The largest absolute Gasteiger partial charge is 0.354 e. The van der Waals surface area contributed by atoms with Crippen LogP contribution in [0, 0.1) is 5.82 Å². The van der Waals surface area contributed by atoms with Crippen LogP contribution in [0.25, 0.3) is 11.4 Å². The molecule has 0 atom stereocenters. The first kappa shape index (κ1) is 17.6. The van der Waals surface area contributed by atoms with Crippen molar-refractivity contribution in [1.82, 2.24) is 19.7 Å². The highest BCUT2D eigenvalue weighted by molar-refractivity contribution is 5.78. The lowest BCUT2D eigenvalue weighted by Crippen LogP contribution is -2.32. The highest BCUT2D eigenvalue weighted by atomic mass is 19.1. The summed E-state index contributed by atoms with van der Waals surface area (Å²) in [4.78, 5) is 24.2. The van der Waals surface area contributed by atoms with Gasteiger partial charge in [0.15, 0.2) is 5.82 Å². The SMILES string of the molecule is Cn1c(-c2ccc(F)cc2)nn(CCNC(=O)Cc2ccccc2)c1=O. The summed E-state index contributed by atoms with van der Waals surface area (Å²) in [6.45, 7) is 0.555. The van der Waals surface area contributed by atoms with Gasteiger partial charge in [-0.1, -0.05) is 30.3 Å². The smallest absolute Gasteiger partial charge is 0.345 e. The number of rotatable bonds is 6. The summed E-state index contributed by atoms with van der Waals surface area (Å²) in [5.41, 5.74) is 1.29. The van der Waals surface area contributed by atoms with Crippen molar-refractivity contribution >= 4 is 5.91 Å². The molecule has 0 saturated heterocycles. The van der Waals surface area contributed by atoms with E-state index in [0.717, 1.165) is 5.56 Å². The third-order valence-corrected chi connectivity index (χ3v) is 4.00. The Morgan fingerprint density at radius 2 is 1.81 bits per heavy atom. The molecule has 134 valence electrons. The number of aromatic nitrogens is 3. The van der Waals surface area contributed by atoms with Gasteiger partial charge in [0.05, 0.1) is 13.0 Å². The van der Waals surface area contributed by atoms with Crippen LogP contribution in [0.3, 0.4) is 0 Å². The predicted octanol–water partition coefficient (Wildman–Crippen LogP) is 1.75. The van der Waals surface area contributed by atoms with Gasteiger partial charge in [-0.05, 0) is 29.8 Å². The Labute approximate surface area is 149 Å². The van der Waals surface area contributed by atoms with Crippen molar-refractivity contribution in [1.29, 1.82) is 0 Å². The van der Waals surface area contributed by atoms with E-state index in [0.29, 0.717) is 24.4 Å². The van der Waals surface area contributed by atoms with Crippen molar-refractivity contribution < 1.29 is 9.18 Å². The van der Waals surface area contributed by atoms with Crippen molar-refractivity contribution in [3.8, 4) is 11.4 Å². The van der Waals surface area contributed by atoms with E-state index in [1.165, 1.54) is 21.4 Å². The van der Waals surface area contributed by atoms with Crippen LogP contribution in [-0.2, 0) is 24.8 Å². The lowest BCUT2D eigenvalue weighted by molar-refractivity contribution is -0.120. The Morgan fingerprint density at radius 1 is 1.12 bits per heavy atom. The lowest BCUT2D eigenvalue weighted by Gasteiger charge is -2.05. The third kappa shape index (κ3) is 4.05. The fraction of sp³-hybridized carbons (Fsp3) is 0.211. The quantitative estimate of drug-likeness (QED) is 0.733. The first-order valence-electron chi connectivity index (χ1n) is 8.25. The van der Waals surface area contributed by atoms with E-state index >= 15 is 0 Å². The average molecular weight is 354 g/mol. The summed E-state index contributed by atoms with van der Waals surface area (Å²) in [5, 5.41) is 7.07. The van der Waals surface area contributed by atoms with Crippen molar-refractivity contribution in [2.24, 2.45) is 7.05 Å². The Balaban J connectivity index is 1.62. The number of hydrogen-bond donors (Lipinski definition) is 1. The summed E-state index contributed by atoms with van der Waals surface area (Å²) in [6.07, 6.45) is 0.290. The van der Waals surface area contributed by atoms with E-state index in [2.05, 4.69) is 10.4 Å². The third-order valence-electron chi connectivity index (χ3n) is 4.00. The fourth-order valence-corrected chi connectivity index (χ4v) is 2.63. The van der Waals surface area contributed by atoms with E-state index in [4.69, 9.17) is 0 Å². The molecule has 6 nitrogen and oxygen atoms in total. The Kier molecular flexibility index (Phi) is 5.26. The zero-order valence-corrected chi connectivity index (χ0v) is 14.4. The molecule has 1 aromatic heterocycles. The van der Waals surface area contributed by atoms with Crippen LogP contribution >= 0.6 is 0 Å². The fourth-order valence-electron chi connectivity index (χ4n) is 2.63. The number of halogens is 1. The lowest BCUT2D eigenvalue weighted by atomic mass is 10.1. The van der Waals surface area contributed by atoms with E-state index in [-0.39, 0.29) is 24.0 Å². The molecule has 0 radical (unpaired) electrons.